The Hall–Kier alpha value is -3.61. The zero-order valence-corrected chi connectivity index (χ0v) is 13.5. The molecule has 130 valence electrons. The van der Waals surface area contributed by atoms with Crippen molar-refractivity contribution < 1.29 is 24.0 Å². The number of nitrogens with zero attached hydrogens (tertiary/aromatic N) is 1. The van der Waals surface area contributed by atoms with Crippen molar-refractivity contribution in [3.63, 3.8) is 0 Å². The smallest absolute Gasteiger partial charge is 0.412 e. The second-order valence-corrected chi connectivity index (χ2v) is 5.83. The number of rotatable bonds is 4. The van der Waals surface area contributed by atoms with Gasteiger partial charge in [0.25, 0.3) is 0 Å². The van der Waals surface area contributed by atoms with Gasteiger partial charge in [0.05, 0.1) is 0 Å². The van der Waals surface area contributed by atoms with Crippen molar-refractivity contribution in [3.8, 4) is 11.1 Å². The van der Waals surface area contributed by atoms with Crippen molar-refractivity contribution in [1.29, 1.82) is 0 Å². The maximum Gasteiger partial charge on any atom is 0.412 e. The predicted octanol–water partition coefficient (Wildman–Crippen LogP) is 3.73. The summed E-state index contributed by atoms with van der Waals surface area (Å²) in [6.45, 7) is 0.156. The van der Waals surface area contributed by atoms with Gasteiger partial charge in [0.15, 0.2) is 5.82 Å². The second kappa shape index (κ2) is 6.36. The third-order valence-electron chi connectivity index (χ3n) is 4.29. The summed E-state index contributed by atoms with van der Waals surface area (Å²) in [5, 5.41) is 14.6. The topological polar surface area (TPSA) is 102 Å². The van der Waals surface area contributed by atoms with E-state index in [4.69, 9.17) is 9.84 Å². The largest absolute Gasteiger partial charge is 0.475 e. The highest BCUT2D eigenvalue weighted by molar-refractivity contribution is 5.88. The number of aromatic carboxylic acids is 1. The minimum absolute atomic E-state index is 0.0142. The standard InChI is InChI=1S/C19H14N2O5/c22-18(23)16-9-17(21-26-16)20-19(24)25-10-15-13-7-3-1-5-11(13)12-6-2-4-8-14(12)15/h1-9,15H,10H2,(H,22,23)(H,20,21,24). The minimum atomic E-state index is -1.27. The Morgan fingerprint density at radius 3 is 2.27 bits per heavy atom. The van der Waals surface area contributed by atoms with E-state index in [-0.39, 0.29) is 24.1 Å². The quantitative estimate of drug-likeness (QED) is 0.743. The van der Waals surface area contributed by atoms with Crippen LogP contribution in [-0.2, 0) is 4.74 Å². The molecule has 0 fully saturated rings. The molecule has 1 aliphatic rings. The summed E-state index contributed by atoms with van der Waals surface area (Å²) in [6.07, 6.45) is -0.725. The summed E-state index contributed by atoms with van der Waals surface area (Å²) in [5.41, 5.74) is 4.49. The first kappa shape index (κ1) is 15.9. The lowest BCUT2D eigenvalue weighted by Gasteiger charge is -2.14. The van der Waals surface area contributed by atoms with E-state index in [2.05, 4.69) is 27.1 Å². The molecule has 7 nitrogen and oxygen atoms in total. The summed E-state index contributed by atoms with van der Waals surface area (Å²) in [7, 11) is 0. The number of hydrogen-bond donors (Lipinski definition) is 2. The lowest BCUT2D eigenvalue weighted by atomic mass is 9.98. The van der Waals surface area contributed by atoms with Crippen LogP contribution in [-0.4, -0.2) is 28.9 Å². The van der Waals surface area contributed by atoms with E-state index in [9.17, 15) is 9.59 Å². The molecule has 0 atom stereocenters. The van der Waals surface area contributed by atoms with Crippen LogP contribution >= 0.6 is 0 Å². The predicted molar refractivity (Wildman–Crippen MR) is 92.2 cm³/mol. The summed E-state index contributed by atoms with van der Waals surface area (Å²) in [4.78, 5) is 22.8. The van der Waals surface area contributed by atoms with E-state index >= 15 is 0 Å². The first-order valence-electron chi connectivity index (χ1n) is 7.95. The molecular weight excluding hydrogens is 336 g/mol. The van der Waals surface area contributed by atoms with Crippen LogP contribution in [0.4, 0.5) is 10.6 Å². The van der Waals surface area contributed by atoms with Crippen molar-refractivity contribution in [2.45, 2.75) is 5.92 Å². The van der Waals surface area contributed by atoms with E-state index in [1.807, 2.05) is 36.4 Å². The van der Waals surface area contributed by atoms with E-state index in [1.54, 1.807) is 0 Å². The molecule has 0 radical (unpaired) electrons. The molecule has 0 aliphatic heterocycles. The highest BCUT2D eigenvalue weighted by atomic mass is 16.5. The van der Waals surface area contributed by atoms with Crippen LogP contribution in [0.5, 0.6) is 0 Å². The van der Waals surface area contributed by atoms with Crippen LogP contribution < -0.4 is 5.32 Å². The van der Waals surface area contributed by atoms with Gasteiger partial charge in [-0.15, -0.1) is 0 Å². The Labute approximate surface area is 148 Å². The van der Waals surface area contributed by atoms with Crippen LogP contribution in [0.2, 0.25) is 0 Å². The number of carboxylic acid groups (broad SMARTS) is 1. The number of nitrogens with one attached hydrogen (secondary N) is 1. The third-order valence-corrected chi connectivity index (χ3v) is 4.29. The minimum Gasteiger partial charge on any atom is -0.475 e. The van der Waals surface area contributed by atoms with Crippen LogP contribution in [0.25, 0.3) is 11.1 Å². The molecule has 0 saturated heterocycles. The van der Waals surface area contributed by atoms with Crippen molar-refractivity contribution in [2.24, 2.45) is 0 Å². The average molecular weight is 350 g/mol. The molecule has 4 rings (SSSR count). The van der Waals surface area contributed by atoms with E-state index in [0.29, 0.717) is 0 Å². The molecule has 1 aliphatic carbocycles. The van der Waals surface area contributed by atoms with Gasteiger partial charge in [-0.2, -0.15) is 0 Å². The van der Waals surface area contributed by atoms with Crippen molar-refractivity contribution >= 4 is 17.9 Å². The second-order valence-electron chi connectivity index (χ2n) is 5.83. The Kier molecular flexibility index (Phi) is 3.89. The third kappa shape index (κ3) is 2.79. The van der Waals surface area contributed by atoms with E-state index < -0.39 is 12.1 Å². The average Bonchev–Trinajstić information content (AvgIpc) is 3.23. The van der Waals surface area contributed by atoms with Crippen LogP contribution in [0, 0.1) is 0 Å². The molecular formula is C19H14N2O5. The molecule has 7 heteroatoms. The first-order chi connectivity index (χ1) is 12.6. The summed E-state index contributed by atoms with van der Waals surface area (Å²) in [5.74, 6) is -1.70. The van der Waals surface area contributed by atoms with Gasteiger partial charge in [-0.1, -0.05) is 53.7 Å². The lowest BCUT2D eigenvalue weighted by Crippen LogP contribution is -2.18. The molecule has 3 aromatic rings. The number of aromatic nitrogens is 1. The van der Waals surface area contributed by atoms with Gasteiger partial charge in [0.2, 0.25) is 5.76 Å². The maximum atomic E-state index is 12.0. The maximum absolute atomic E-state index is 12.0. The number of ether oxygens (including phenoxy) is 1. The number of fused-ring (bicyclic) bond motifs is 3. The molecule has 26 heavy (non-hydrogen) atoms. The molecule has 2 aromatic carbocycles. The van der Waals surface area contributed by atoms with Crippen molar-refractivity contribution in [3.05, 3.63) is 71.5 Å². The molecule has 0 spiro atoms. The number of amides is 1. The number of carboxylic acids is 1. The fourth-order valence-corrected chi connectivity index (χ4v) is 3.17. The Morgan fingerprint density at radius 1 is 1.08 bits per heavy atom. The van der Waals surface area contributed by atoms with E-state index in [0.717, 1.165) is 28.3 Å². The highest BCUT2D eigenvalue weighted by Gasteiger charge is 2.29. The first-order valence-corrected chi connectivity index (χ1v) is 7.95. The summed E-state index contributed by atoms with van der Waals surface area (Å²) < 4.78 is 9.91. The van der Waals surface area contributed by atoms with Gasteiger partial charge >= 0.3 is 12.1 Å². The number of benzene rings is 2. The van der Waals surface area contributed by atoms with Crippen LogP contribution in [0.1, 0.15) is 27.6 Å². The van der Waals surface area contributed by atoms with Crippen molar-refractivity contribution in [1.82, 2.24) is 5.16 Å². The van der Waals surface area contributed by atoms with Gasteiger partial charge < -0.3 is 14.4 Å². The zero-order valence-electron chi connectivity index (χ0n) is 13.5. The monoisotopic (exact) mass is 350 g/mol. The molecule has 1 aromatic heterocycles. The van der Waals surface area contributed by atoms with Gasteiger partial charge in [0, 0.05) is 12.0 Å². The van der Waals surface area contributed by atoms with Gasteiger partial charge in [-0.25, -0.2) is 9.59 Å². The Balaban J connectivity index is 1.47. The summed E-state index contributed by atoms with van der Waals surface area (Å²) in [6, 6.07) is 17.2. The molecule has 1 heterocycles. The van der Waals surface area contributed by atoms with Crippen molar-refractivity contribution in [2.75, 3.05) is 11.9 Å². The number of carbonyl (C=O) groups excluding carboxylic acids is 1. The highest BCUT2D eigenvalue weighted by Crippen LogP contribution is 2.44. The normalized spacial score (nSPS) is 12.3. The molecule has 1 amide bonds. The summed E-state index contributed by atoms with van der Waals surface area (Å²) >= 11 is 0. The molecule has 0 unspecified atom stereocenters. The molecule has 2 N–H and O–H groups in total. The number of hydrogen-bond acceptors (Lipinski definition) is 5. The SMILES string of the molecule is O=C(Nc1cc(C(=O)O)on1)OCC1c2ccccc2-c2ccccc21. The zero-order chi connectivity index (χ0) is 18.1. The Bertz CT molecular complexity index is 949. The van der Waals surface area contributed by atoms with Crippen LogP contribution in [0.15, 0.2) is 59.1 Å². The Morgan fingerprint density at radius 2 is 1.69 bits per heavy atom. The van der Waals surface area contributed by atoms with Gasteiger partial charge in [-0.3, -0.25) is 5.32 Å². The number of carbonyl (C=O) groups is 2. The number of anilines is 1. The fourth-order valence-electron chi connectivity index (χ4n) is 3.17. The molecule has 0 bridgehead atoms. The van der Waals surface area contributed by atoms with Gasteiger partial charge in [-0.05, 0) is 22.3 Å². The van der Waals surface area contributed by atoms with Crippen LogP contribution in [0.3, 0.4) is 0 Å². The molecule has 0 saturated carbocycles. The van der Waals surface area contributed by atoms with Gasteiger partial charge in [0.1, 0.15) is 6.61 Å². The van der Waals surface area contributed by atoms with E-state index in [1.165, 1.54) is 0 Å². The fraction of sp³-hybridized carbons (Fsp3) is 0.105. The lowest BCUT2D eigenvalue weighted by molar-refractivity contribution is 0.0652.